The lowest BCUT2D eigenvalue weighted by atomic mass is 9.95. The van der Waals surface area contributed by atoms with E-state index in [-0.39, 0.29) is 0 Å². The zero-order chi connectivity index (χ0) is 13.4. The second-order valence-corrected chi connectivity index (χ2v) is 4.89. The molecule has 0 amide bonds. The standard InChI is InChI=1S/C18H26/c1-5-10-15(4)18(17-12-8-9-13-17)14-16(7-3)11-6-2/h6,8,12-14H,2,5,7,9-11H2,1,3-4H3/b16-14+,18-15+. The lowest BCUT2D eigenvalue weighted by Crippen LogP contribution is -1.91. The van der Waals surface area contributed by atoms with Gasteiger partial charge in [0.25, 0.3) is 0 Å². The molecule has 0 fully saturated rings. The monoisotopic (exact) mass is 242 g/mol. The molecular weight excluding hydrogens is 216 g/mol. The normalized spacial score (nSPS) is 16.6. The van der Waals surface area contributed by atoms with Crippen LogP contribution in [0.2, 0.25) is 0 Å². The smallest absolute Gasteiger partial charge is 0.0138 e. The maximum atomic E-state index is 3.85. The van der Waals surface area contributed by atoms with Crippen LogP contribution < -0.4 is 0 Å². The first kappa shape index (κ1) is 14.8. The van der Waals surface area contributed by atoms with Crippen molar-refractivity contribution in [3.8, 4) is 0 Å². The molecule has 0 spiro atoms. The Hall–Kier alpha value is -1.30. The van der Waals surface area contributed by atoms with Gasteiger partial charge in [-0.15, -0.1) is 6.58 Å². The van der Waals surface area contributed by atoms with Gasteiger partial charge in [-0.05, 0) is 43.8 Å². The van der Waals surface area contributed by atoms with Gasteiger partial charge in [0, 0.05) is 0 Å². The van der Waals surface area contributed by atoms with Crippen LogP contribution in [0.4, 0.5) is 0 Å². The van der Waals surface area contributed by atoms with Gasteiger partial charge in [0.1, 0.15) is 0 Å². The summed E-state index contributed by atoms with van der Waals surface area (Å²) < 4.78 is 0. The van der Waals surface area contributed by atoms with Gasteiger partial charge in [0.2, 0.25) is 0 Å². The summed E-state index contributed by atoms with van der Waals surface area (Å²) in [5, 5.41) is 0. The number of allylic oxidation sites excluding steroid dienone is 9. The van der Waals surface area contributed by atoms with Crippen molar-refractivity contribution < 1.29 is 0 Å². The Kier molecular flexibility index (Phi) is 6.49. The second-order valence-electron chi connectivity index (χ2n) is 4.89. The van der Waals surface area contributed by atoms with Crippen LogP contribution in [-0.4, -0.2) is 0 Å². The van der Waals surface area contributed by atoms with Gasteiger partial charge in [0.15, 0.2) is 0 Å². The lowest BCUT2D eigenvalue weighted by molar-refractivity contribution is 0.896. The van der Waals surface area contributed by atoms with Crippen molar-refractivity contribution >= 4 is 0 Å². The van der Waals surface area contributed by atoms with Crippen molar-refractivity contribution in [2.45, 2.75) is 52.9 Å². The van der Waals surface area contributed by atoms with Gasteiger partial charge in [0.05, 0.1) is 0 Å². The minimum atomic E-state index is 0.996. The molecule has 1 aliphatic carbocycles. The van der Waals surface area contributed by atoms with Crippen LogP contribution in [0.5, 0.6) is 0 Å². The van der Waals surface area contributed by atoms with E-state index in [9.17, 15) is 0 Å². The third-order valence-corrected chi connectivity index (χ3v) is 3.38. The molecule has 1 rings (SSSR count). The highest BCUT2D eigenvalue weighted by molar-refractivity contribution is 5.52. The molecule has 0 atom stereocenters. The minimum absolute atomic E-state index is 0.996. The van der Waals surface area contributed by atoms with Gasteiger partial charge in [-0.3, -0.25) is 0 Å². The van der Waals surface area contributed by atoms with E-state index in [1.54, 1.807) is 0 Å². The Balaban J connectivity index is 3.08. The summed E-state index contributed by atoms with van der Waals surface area (Å²) >= 11 is 0. The first-order chi connectivity index (χ1) is 8.72. The van der Waals surface area contributed by atoms with E-state index in [0.29, 0.717) is 0 Å². The molecule has 0 unspecified atom stereocenters. The molecule has 0 heteroatoms. The van der Waals surface area contributed by atoms with Crippen LogP contribution in [0.3, 0.4) is 0 Å². The third kappa shape index (κ3) is 4.18. The summed E-state index contributed by atoms with van der Waals surface area (Å²) in [5.41, 5.74) is 5.81. The molecule has 98 valence electrons. The molecule has 0 saturated heterocycles. The summed E-state index contributed by atoms with van der Waals surface area (Å²) in [4.78, 5) is 0. The quantitative estimate of drug-likeness (QED) is 0.385. The van der Waals surface area contributed by atoms with Crippen molar-refractivity contribution in [3.63, 3.8) is 0 Å². The molecule has 18 heavy (non-hydrogen) atoms. The highest BCUT2D eigenvalue weighted by atomic mass is 14.1. The van der Waals surface area contributed by atoms with E-state index in [1.165, 1.54) is 35.1 Å². The molecule has 0 aromatic heterocycles. The predicted octanol–water partition coefficient (Wildman–Crippen LogP) is 5.90. The largest absolute Gasteiger partial charge is 0.103 e. The fraction of sp³-hybridized carbons (Fsp3) is 0.444. The Bertz CT molecular complexity index is 400. The molecule has 0 aliphatic heterocycles. The van der Waals surface area contributed by atoms with Crippen molar-refractivity contribution in [1.29, 1.82) is 0 Å². The van der Waals surface area contributed by atoms with Crippen LogP contribution in [0, 0.1) is 0 Å². The third-order valence-electron chi connectivity index (χ3n) is 3.38. The van der Waals surface area contributed by atoms with Crippen LogP contribution in [-0.2, 0) is 0 Å². The molecule has 0 N–H and O–H groups in total. The summed E-state index contributed by atoms with van der Waals surface area (Å²) in [7, 11) is 0. The van der Waals surface area contributed by atoms with Crippen molar-refractivity contribution in [1.82, 2.24) is 0 Å². The van der Waals surface area contributed by atoms with Crippen molar-refractivity contribution in [2.24, 2.45) is 0 Å². The first-order valence-electron chi connectivity index (χ1n) is 7.10. The Morgan fingerprint density at radius 2 is 2.17 bits per heavy atom. The Morgan fingerprint density at radius 1 is 1.39 bits per heavy atom. The predicted molar refractivity (Wildman–Crippen MR) is 82.6 cm³/mol. The molecule has 0 heterocycles. The average molecular weight is 242 g/mol. The Morgan fingerprint density at radius 3 is 2.67 bits per heavy atom. The van der Waals surface area contributed by atoms with Gasteiger partial charge in [-0.25, -0.2) is 0 Å². The van der Waals surface area contributed by atoms with E-state index in [2.05, 4.69) is 51.7 Å². The van der Waals surface area contributed by atoms with Gasteiger partial charge >= 0.3 is 0 Å². The molecule has 0 saturated carbocycles. The fourth-order valence-electron chi connectivity index (χ4n) is 2.32. The molecule has 0 nitrogen and oxygen atoms in total. The summed E-state index contributed by atoms with van der Waals surface area (Å²) in [6.45, 7) is 10.6. The molecule has 0 aromatic carbocycles. The zero-order valence-electron chi connectivity index (χ0n) is 12.1. The van der Waals surface area contributed by atoms with E-state index in [0.717, 1.165) is 19.3 Å². The lowest BCUT2D eigenvalue weighted by Gasteiger charge is -2.11. The number of rotatable bonds is 7. The second kappa shape index (κ2) is 7.92. The van der Waals surface area contributed by atoms with Crippen LogP contribution in [0.1, 0.15) is 52.9 Å². The van der Waals surface area contributed by atoms with E-state index in [1.807, 2.05) is 6.08 Å². The van der Waals surface area contributed by atoms with Crippen molar-refractivity contribution in [3.05, 3.63) is 59.3 Å². The number of hydrogen-bond donors (Lipinski definition) is 0. The van der Waals surface area contributed by atoms with E-state index in [4.69, 9.17) is 0 Å². The molecule has 1 aliphatic rings. The average Bonchev–Trinajstić information content (AvgIpc) is 2.88. The van der Waals surface area contributed by atoms with Gasteiger partial charge in [-0.1, -0.05) is 61.8 Å². The van der Waals surface area contributed by atoms with Gasteiger partial charge < -0.3 is 0 Å². The van der Waals surface area contributed by atoms with Crippen LogP contribution >= 0.6 is 0 Å². The summed E-state index contributed by atoms with van der Waals surface area (Å²) in [6, 6.07) is 0. The molecule has 0 bridgehead atoms. The summed E-state index contributed by atoms with van der Waals surface area (Å²) in [5.74, 6) is 0. The zero-order valence-corrected chi connectivity index (χ0v) is 12.1. The molecule has 0 aromatic rings. The van der Waals surface area contributed by atoms with E-state index >= 15 is 0 Å². The van der Waals surface area contributed by atoms with Gasteiger partial charge in [-0.2, -0.15) is 0 Å². The van der Waals surface area contributed by atoms with Crippen molar-refractivity contribution in [2.75, 3.05) is 0 Å². The molecule has 0 radical (unpaired) electrons. The van der Waals surface area contributed by atoms with E-state index < -0.39 is 0 Å². The first-order valence-corrected chi connectivity index (χ1v) is 7.10. The fourth-order valence-corrected chi connectivity index (χ4v) is 2.32. The topological polar surface area (TPSA) is 0 Å². The Labute approximate surface area is 112 Å². The SMILES string of the molecule is C=CC/C(=C/C(C1=CCC=C1)=C(/C)CCC)CC. The highest BCUT2D eigenvalue weighted by Gasteiger charge is 2.07. The minimum Gasteiger partial charge on any atom is -0.103 e. The number of hydrogen-bond acceptors (Lipinski definition) is 0. The van der Waals surface area contributed by atoms with Crippen LogP contribution in [0.25, 0.3) is 0 Å². The molecular formula is C18H26. The maximum absolute atomic E-state index is 3.85. The summed E-state index contributed by atoms with van der Waals surface area (Å²) in [6.07, 6.45) is 16.8. The van der Waals surface area contributed by atoms with Crippen LogP contribution in [0.15, 0.2) is 59.3 Å². The highest BCUT2D eigenvalue weighted by Crippen LogP contribution is 2.27. The maximum Gasteiger partial charge on any atom is -0.0138 e.